The predicted molar refractivity (Wildman–Crippen MR) is 125 cm³/mol. The lowest BCUT2D eigenvalue weighted by Gasteiger charge is -2.30. The van der Waals surface area contributed by atoms with Crippen LogP contribution in [0, 0.1) is 10.1 Å². The highest BCUT2D eigenvalue weighted by atomic mass is 32.2. The van der Waals surface area contributed by atoms with Crippen LogP contribution in [0.25, 0.3) is 6.08 Å². The van der Waals surface area contributed by atoms with Gasteiger partial charge in [0.1, 0.15) is 0 Å². The third-order valence-corrected chi connectivity index (χ3v) is 6.17. The second kappa shape index (κ2) is 10.4. The number of hydrogen-bond donors (Lipinski definition) is 1. The van der Waals surface area contributed by atoms with Crippen molar-refractivity contribution in [3.05, 3.63) is 68.9 Å². The van der Waals surface area contributed by atoms with Crippen molar-refractivity contribution in [3.63, 3.8) is 0 Å². The van der Waals surface area contributed by atoms with Crippen molar-refractivity contribution >= 4 is 46.3 Å². The van der Waals surface area contributed by atoms with Crippen molar-refractivity contribution in [3.8, 4) is 0 Å². The van der Waals surface area contributed by atoms with E-state index in [0.717, 1.165) is 16.7 Å². The maximum atomic E-state index is 12.9. The van der Waals surface area contributed by atoms with Gasteiger partial charge in [0.25, 0.3) is 22.7 Å². The van der Waals surface area contributed by atoms with Gasteiger partial charge in [-0.05, 0) is 35.5 Å². The second-order valence-electron chi connectivity index (χ2n) is 7.43. The van der Waals surface area contributed by atoms with Crippen LogP contribution in [0.15, 0.2) is 47.6 Å². The first kappa shape index (κ1) is 23.4. The molecule has 0 bridgehead atoms. The fourth-order valence-electron chi connectivity index (χ4n) is 3.58. The van der Waals surface area contributed by atoms with Crippen LogP contribution in [0.1, 0.15) is 15.9 Å². The maximum Gasteiger partial charge on any atom is 0.293 e. The summed E-state index contributed by atoms with van der Waals surface area (Å²) in [5.74, 6) is -0.972. The quantitative estimate of drug-likeness (QED) is 0.357. The number of pyridine rings is 1. The number of nitro benzene ring substituents is 1. The number of amides is 3. The van der Waals surface area contributed by atoms with E-state index in [1.54, 1.807) is 36.7 Å². The molecule has 2 aliphatic rings. The minimum Gasteiger partial charge on any atom is -0.378 e. The van der Waals surface area contributed by atoms with Crippen molar-refractivity contribution in [2.24, 2.45) is 0 Å². The Balaban J connectivity index is 1.43. The van der Waals surface area contributed by atoms with E-state index in [1.807, 2.05) is 4.90 Å². The number of nitrogens with zero attached hydrogens (tertiary/aromatic N) is 4. The number of aromatic nitrogens is 1. The van der Waals surface area contributed by atoms with Crippen molar-refractivity contribution in [1.29, 1.82) is 0 Å². The number of benzene rings is 1. The van der Waals surface area contributed by atoms with E-state index in [2.05, 4.69) is 10.3 Å². The lowest BCUT2D eigenvalue weighted by atomic mass is 10.1. The highest BCUT2D eigenvalue weighted by Gasteiger charge is 2.34. The van der Waals surface area contributed by atoms with Crippen LogP contribution in [-0.4, -0.2) is 71.3 Å². The summed E-state index contributed by atoms with van der Waals surface area (Å²) in [5, 5.41) is 13.5. The van der Waals surface area contributed by atoms with Crippen molar-refractivity contribution < 1.29 is 24.0 Å². The summed E-state index contributed by atoms with van der Waals surface area (Å²) in [6.07, 6.45) is 4.78. The minimum absolute atomic E-state index is 0.00227. The van der Waals surface area contributed by atoms with Crippen LogP contribution in [0.2, 0.25) is 0 Å². The minimum atomic E-state index is -0.561. The maximum absolute atomic E-state index is 12.9. The number of ether oxygens (including phenoxy) is 1. The highest BCUT2D eigenvalue weighted by molar-refractivity contribution is 8.18. The molecule has 3 heterocycles. The number of thioether (sulfide) groups is 1. The lowest BCUT2D eigenvalue weighted by Crippen LogP contribution is -2.39. The molecule has 2 saturated heterocycles. The Morgan fingerprint density at radius 3 is 2.76 bits per heavy atom. The number of carbonyl (C=O) groups is 3. The third kappa shape index (κ3) is 5.24. The van der Waals surface area contributed by atoms with Gasteiger partial charge in [-0.2, -0.15) is 0 Å². The van der Waals surface area contributed by atoms with Gasteiger partial charge in [-0.15, -0.1) is 0 Å². The summed E-state index contributed by atoms with van der Waals surface area (Å²) in [5.41, 5.74) is 1.22. The topological polar surface area (TPSA) is 135 Å². The zero-order valence-corrected chi connectivity index (χ0v) is 18.8. The number of hydrogen-bond acceptors (Lipinski definition) is 9. The number of rotatable bonds is 7. The molecule has 2 fully saturated rings. The van der Waals surface area contributed by atoms with Gasteiger partial charge in [-0.3, -0.25) is 34.4 Å². The van der Waals surface area contributed by atoms with E-state index in [-0.39, 0.29) is 29.2 Å². The SMILES string of the molecule is O=C(NCCN1C(=O)S/C(=C\c2cccnc2)C1=O)c1cc([N+](=O)[O-])ccc1N1CCOCC1. The molecule has 0 unspecified atom stereocenters. The normalized spacial score (nSPS) is 17.4. The van der Waals surface area contributed by atoms with Gasteiger partial charge in [0, 0.05) is 50.7 Å². The Bertz CT molecular complexity index is 1150. The van der Waals surface area contributed by atoms with E-state index < -0.39 is 22.0 Å². The average Bonchev–Trinajstić information content (AvgIpc) is 3.12. The molecule has 2 aliphatic heterocycles. The molecule has 176 valence electrons. The summed E-state index contributed by atoms with van der Waals surface area (Å²) >= 11 is 0.823. The fraction of sp³-hybridized carbons (Fsp3) is 0.273. The van der Waals surface area contributed by atoms with Gasteiger partial charge in [-0.25, -0.2) is 0 Å². The zero-order valence-electron chi connectivity index (χ0n) is 18.0. The average molecular weight is 484 g/mol. The van der Waals surface area contributed by atoms with Crippen LogP contribution in [0.5, 0.6) is 0 Å². The zero-order chi connectivity index (χ0) is 24.1. The van der Waals surface area contributed by atoms with Gasteiger partial charge in [0.2, 0.25) is 0 Å². The number of morpholine rings is 1. The Morgan fingerprint density at radius 2 is 2.06 bits per heavy atom. The first-order valence-electron chi connectivity index (χ1n) is 10.5. The number of carbonyl (C=O) groups excluding carboxylic acids is 3. The Labute approximate surface area is 198 Å². The molecule has 12 heteroatoms. The van der Waals surface area contributed by atoms with E-state index >= 15 is 0 Å². The molecule has 11 nitrogen and oxygen atoms in total. The highest BCUT2D eigenvalue weighted by Crippen LogP contribution is 2.32. The Hall–Kier alpha value is -3.77. The summed E-state index contributed by atoms with van der Waals surface area (Å²) in [6.45, 7) is 2.06. The molecule has 1 aromatic heterocycles. The lowest BCUT2D eigenvalue weighted by molar-refractivity contribution is -0.384. The van der Waals surface area contributed by atoms with Gasteiger partial charge < -0.3 is 15.0 Å². The molecular formula is C22H21N5O6S. The van der Waals surface area contributed by atoms with E-state index in [1.165, 1.54) is 12.1 Å². The summed E-state index contributed by atoms with van der Waals surface area (Å²) in [7, 11) is 0. The number of nitro groups is 1. The molecule has 0 radical (unpaired) electrons. The number of nitrogens with one attached hydrogen (secondary N) is 1. The van der Waals surface area contributed by atoms with Crippen molar-refractivity contribution in [2.75, 3.05) is 44.3 Å². The van der Waals surface area contributed by atoms with Gasteiger partial charge in [0.05, 0.1) is 34.3 Å². The van der Waals surface area contributed by atoms with Crippen molar-refractivity contribution in [2.45, 2.75) is 0 Å². The summed E-state index contributed by atoms with van der Waals surface area (Å²) in [6, 6.07) is 7.64. The molecule has 0 aliphatic carbocycles. The van der Waals surface area contributed by atoms with Gasteiger partial charge >= 0.3 is 0 Å². The largest absolute Gasteiger partial charge is 0.378 e. The second-order valence-corrected chi connectivity index (χ2v) is 8.43. The van der Waals surface area contributed by atoms with Gasteiger partial charge in [0.15, 0.2) is 0 Å². The van der Waals surface area contributed by atoms with E-state index in [0.29, 0.717) is 37.6 Å². The van der Waals surface area contributed by atoms with Crippen LogP contribution in [-0.2, 0) is 9.53 Å². The predicted octanol–water partition coefficient (Wildman–Crippen LogP) is 2.29. The van der Waals surface area contributed by atoms with E-state index in [4.69, 9.17) is 4.74 Å². The smallest absolute Gasteiger partial charge is 0.293 e. The van der Waals surface area contributed by atoms with Crippen LogP contribution in [0.4, 0.5) is 16.2 Å². The molecule has 2 aromatic rings. The fourth-order valence-corrected chi connectivity index (χ4v) is 4.45. The number of anilines is 1. The molecule has 34 heavy (non-hydrogen) atoms. The van der Waals surface area contributed by atoms with E-state index in [9.17, 15) is 24.5 Å². The van der Waals surface area contributed by atoms with Crippen LogP contribution in [0.3, 0.4) is 0 Å². The van der Waals surface area contributed by atoms with Gasteiger partial charge in [-0.1, -0.05) is 6.07 Å². The summed E-state index contributed by atoms with van der Waals surface area (Å²) in [4.78, 5) is 55.8. The Morgan fingerprint density at radius 1 is 1.26 bits per heavy atom. The molecule has 0 spiro atoms. The van der Waals surface area contributed by atoms with Crippen LogP contribution < -0.4 is 10.2 Å². The molecule has 3 amide bonds. The molecule has 1 aromatic carbocycles. The first-order chi connectivity index (χ1) is 16.4. The monoisotopic (exact) mass is 483 g/mol. The Kier molecular flexibility index (Phi) is 7.18. The molecule has 0 saturated carbocycles. The standard InChI is InChI=1S/C22H21N5O6S/c28-20(17-13-16(27(31)32)3-4-18(17)25-8-10-33-11-9-25)24-6-7-26-21(29)19(34-22(26)30)12-15-2-1-5-23-14-15/h1-5,12-14H,6-11H2,(H,24,28)/b19-12-. The number of imide groups is 1. The first-order valence-corrected chi connectivity index (χ1v) is 11.3. The number of non-ortho nitro benzene ring substituents is 1. The molecular weight excluding hydrogens is 462 g/mol. The molecule has 1 N–H and O–H groups in total. The molecule has 0 atom stereocenters. The summed E-state index contributed by atoms with van der Waals surface area (Å²) < 4.78 is 5.34. The van der Waals surface area contributed by atoms with Crippen molar-refractivity contribution in [1.82, 2.24) is 15.2 Å². The van der Waals surface area contributed by atoms with Crippen LogP contribution >= 0.6 is 11.8 Å². The third-order valence-electron chi connectivity index (χ3n) is 5.26. The molecule has 4 rings (SSSR count).